The van der Waals surface area contributed by atoms with Gasteiger partial charge < -0.3 is 14.7 Å². The van der Waals surface area contributed by atoms with Crippen LogP contribution in [0.25, 0.3) is 0 Å². The van der Waals surface area contributed by atoms with Crippen LogP contribution in [0.2, 0.25) is 0 Å². The molecule has 1 atom stereocenters. The van der Waals surface area contributed by atoms with Crippen LogP contribution < -0.4 is 4.90 Å². The number of rotatable bonds is 7. The Morgan fingerprint density at radius 1 is 1.13 bits per heavy atom. The van der Waals surface area contributed by atoms with Gasteiger partial charge in [0.15, 0.2) is 0 Å². The highest BCUT2D eigenvalue weighted by molar-refractivity contribution is 5.89. The van der Waals surface area contributed by atoms with Gasteiger partial charge in [0.25, 0.3) is 0 Å². The number of nitrogens with zero attached hydrogens (tertiary/aromatic N) is 1. The molecule has 0 fully saturated rings. The lowest BCUT2D eigenvalue weighted by Gasteiger charge is -2.27. The monoisotopic (exact) mass is 313 g/mol. The summed E-state index contributed by atoms with van der Waals surface area (Å²) in [4.78, 5) is 13.6. The van der Waals surface area contributed by atoms with Crippen molar-refractivity contribution >= 4 is 11.7 Å². The predicted molar refractivity (Wildman–Crippen MR) is 91.6 cm³/mol. The van der Waals surface area contributed by atoms with Gasteiger partial charge in [0.05, 0.1) is 18.8 Å². The molecule has 4 heteroatoms. The van der Waals surface area contributed by atoms with Gasteiger partial charge in [-0.3, -0.25) is 0 Å². The molecule has 0 aliphatic rings. The minimum absolute atomic E-state index is 0.335. The number of para-hydroxylation sites is 1. The lowest BCUT2D eigenvalue weighted by atomic mass is 10.1. The summed E-state index contributed by atoms with van der Waals surface area (Å²) in [5.41, 5.74) is 2.68. The number of aliphatic hydroxyl groups is 1. The first-order valence-electron chi connectivity index (χ1n) is 7.79. The molecule has 0 saturated heterocycles. The summed E-state index contributed by atoms with van der Waals surface area (Å²) in [6.45, 7) is 3.21. The number of hydrogen-bond acceptors (Lipinski definition) is 4. The van der Waals surface area contributed by atoms with Gasteiger partial charge in [-0.15, -0.1) is 0 Å². The molecule has 122 valence electrons. The summed E-state index contributed by atoms with van der Waals surface area (Å²) in [6, 6.07) is 17.4. The second kappa shape index (κ2) is 8.34. The van der Waals surface area contributed by atoms with E-state index < -0.39 is 0 Å². The molecule has 1 N–H and O–H groups in total. The number of hydrogen-bond donors (Lipinski definition) is 1. The first-order valence-corrected chi connectivity index (χ1v) is 7.79. The van der Waals surface area contributed by atoms with Gasteiger partial charge in [-0.05, 0) is 36.2 Å². The van der Waals surface area contributed by atoms with Crippen LogP contribution in [0, 0.1) is 0 Å². The van der Waals surface area contributed by atoms with E-state index in [1.165, 1.54) is 7.11 Å². The Labute approximate surface area is 137 Å². The quantitative estimate of drug-likeness (QED) is 0.797. The van der Waals surface area contributed by atoms with E-state index in [1.54, 1.807) is 12.1 Å². The maximum Gasteiger partial charge on any atom is 0.337 e. The molecular formula is C19H23NO3. The average Bonchev–Trinajstić information content (AvgIpc) is 2.61. The molecule has 1 unspecified atom stereocenters. The Balaban J connectivity index is 2.15. The molecule has 0 aliphatic carbocycles. The minimum atomic E-state index is -0.371. The highest BCUT2D eigenvalue weighted by atomic mass is 16.5. The number of esters is 1. The Bertz CT molecular complexity index is 610. The van der Waals surface area contributed by atoms with Crippen molar-refractivity contribution in [1.82, 2.24) is 0 Å². The Morgan fingerprint density at radius 2 is 1.78 bits per heavy atom. The van der Waals surface area contributed by atoms with Crippen LogP contribution in [-0.4, -0.2) is 30.8 Å². The summed E-state index contributed by atoms with van der Waals surface area (Å²) in [5.74, 6) is -0.335. The van der Waals surface area contributed by atoms with E-state index in [4.69, 9.17) is 4.74 Å². The van der Waals surface area contributed by atoms with E-state index in [-0.39, 0.29) is 12.1 Å². The summed E-state index contributed by atoms with van der Waals surface area (Å²) in [5, 5.41) is 10.0. The molecule has 4 nitrogen and oxygen atoms in total. The molecular weight excluding hydrogens is 290 g/mol. The normalized spacial score (nSPS) is 11.8. The van der Waals surface area contributed by atoms with E-state index in [2.05, 4.69) is 4.90 Å². The molecule has 2 rings (SSSR count). The van der Waals surface area contributed by atoms with Gasteiger partial charge in [0.2, 0.25) is 0 Å². The fourth-order valence-corrected chi connectivity index (χ4v) is 2.37. The Morgan fingerprint density at radius 3 is 2.35 bits per heavy atom. The molecule has 0 saturated carbocycles. The average molecular weight is 313 g/mol. The number of methoxy groups -OCH3 is 1. The first-order chi connectivity index (χ1) is 11.1. The van der Waals surface area contributed by atoms with Crippen molar-refractivity contribution in [3.63, 3.8) is 0 Å². The van der Waals surface area contributed by atoms with E-state index in [0.29, 0.717) is 25.1 Å². The molecule has 23 heavy (non-hydrogen) atoms. The lowest BCUT2D eigenvalue weighted by molar-refractivity contribution is 0.0600. The first kappa shape index (κ1) is 17.0. The van der Waals surface area contributed by atoms with Crippen LogP contribution >= 0.6 is 0 Å². The van der Waals surface area contributed by atoms with Crippen LogP contribution in [0.5, 0.6) is 0 Å². The molecule has 0 spiro atoms. The van der Waals surface area contributed by atoms with Gasteiger partial charge in [0, 0.05) is 18.8 Å². The highest BCUT2D eigenvalue weighted by Gasteiger charge is 2.12. The molecule has 2 aromatic rings. The van der Waals surface area contributed by atoms with Crippen molar-refractivity contribution in [2.24, 2.45) is 0 Å². The van der Waals surface area contributed by atoms with Crippen molar-refractivity contribution in [2.45, 2.75) is 26.0 Å². The molecule has 0 amide bonds. The minimum Gasteiger partial charge on any atom is -0.465 e. The molecule has 2 aromatic carbocycles. The number of ether oxygens (including phenoxy) is 1. The fraction of sp³-hybridized carbons (Fsp3) is 0.316. The third-order valence-corrected chi connectivity index (χ3v) is 3.77. The van der Waals surface area contributed by atoms with Crippen molar-refractivity contribution in [1.29, 1.82) is 0 Å². The molecule has 0 heterocycles. The zero-order chi connectivity index (χ0) is 16.7. The lowest BCUT2D eigenvalue weighted by Crippen LogP contribution is -2.31. The second-order valence-corrected chi connectivity index (χ2v) is 5.47. The van der Waals surface area contributed by atoms with Gasteiger partial charge in [0.1, 0.15) is 0 Å². The summed E-state index contributed by atoms with van der Waals surface area (Å²) >= 11 is 0. The van der Waals surface area contributed by atoms with Crippen LogP contribution in [0.15, 0.2) is 54.6 Å². The SMILES string of the molecule is CCC(O)CN(Cc1ccc(C(=O)OC)cc1)c1ccccc1. The largest absolute Gasteiger partial charge is 0.465 e. The third kappa shape index (κ3) is 4.83. The van der Waals surface area contributed by atoms with Gasteiger partial charge in [-0.1, -0.05) is 37.3 Å². The van der Waals surface area contributed by atoms with Crippen LogP contribution in [0.4, 0.5) is 5.69 Å². The van der Waals surface area contributed by atoms with Crippen molar-refractivity contribution in [3.8, 4) is 0 Å². The Hall–Kier alpha value is -2.33. The van der Waals surface area contributed by atoms with E-state index >= 15 is 0 Å². The number of aliphatic hydroxyl groups excluding tert-OH is 1. The topological polar surface area (TPSA) is 49.8 Å². The van der Waals surface area contributed by atoms with Gasteiger partial charge in [-0.25, -0.2) is 4.79 Å². The zero-order valence-electron chi connectivity index (χ0n) is 13.6. The maximum atomic E-state index is 11.5. The summed E-state index contributed by atoms with van der Waals surface area (Å²) in [6.07, 6.45) is 0.342. The molecule has 0 bridgehead atoms. The summed E-state index contributed by atoms with van der Waals surface area (Å²) < 4.78 is 4.71. The standard InChI is InChI=1S/C19H23NO3/c1-3-18(21)14-20(17-7-5-4-6-8-17)13-15-9-11-16(12-10-15)19(22)23-2/h4-12,18,21H,3,13-14H2,1-2H3. The van der Waals surface area contributed by atoms with Crippen molar-refractivity contribution in [2.75, 3.05) is 18.6 Å². The number of carbonyl (C=O) groups is 1. The van der Waals surface area contributed by atoms with E-state index in [1.807, 2.05) is 49.4 Å². The van der Waals surface area contributed by atoms with Crippen molar-refractivity contribution in [3.05, 3.63) is 65.7 Å². The molecule has 0 radical (unpaired) electrons. The summed E-state index contributed by atoms with van der Waals surface area (Å²) in [7, 11) is 1.37. The highest BCUT2D eigenvalue weighted by Crippen LogP contribution is 2.18. The van der Waals surface area contributed by atoms with Crippen LogP contribution in [0.1, 0.15) is 29.3 Å². The Kier molecular flexibility index (Phi) is 6.18. The maximum absolute atomic E-state index is 11.5. The predicted octanol–water partition coefficient (Wildman–Crippen LogP) is 3.25. The van der Waals surface area contributed by atoms with E-state index in [0.717, 1.165) is 11.3 Å². The molecule has 0 aliphatic heterocycles. The third-order valence-electron chi connectivity index (χ3n) is 3.77. The van der Waals surface area contributed by atoms with E-state index in [9.17, 15) is 9.90 Å². The smallest absolute Gasteiger partial charge is 0.337 e. The van der Waals surface area contributed by atoms with Crippen LogP contribution in [-0.2, 0) is 11.3 Å². The number of benzene rings is 2. The number of anilines is 1. The van der Waals surface area contributed by atoms with Crippen molar-refractivity contribution < 1.29 is 14.6 Å². The molecule has 0 aromatic heterocycles. The fourth-order valence-electron chi connectivity index (χ4n) is 2.37. The van der Waals surface area contributed by atoms with Gasteiger partial charge in [-0.2, -0.15) is 0 Å². The zero-order valence-corrected chi connectivity index (χ0v) is 13.6. The van der Waals surface area contributed by atoms with Crippen LogP contribution in [0.3, 0.4) is 0 Å². The second-order valence-electron chi connectivity index (χ2n) is 5.47. The van der Waals surface area contributed by atoms with Gasteiger partial charge >= 0.3 is 5.97 Å². The number of carbonyl (C=O) groups excluding carboxylic acids is 1.